The van der Waals surface area contributed by atoms with E-state index in [4.69, 9.17) is 5.11 Å². The Balaban J connectivity index is 3.53. The Bertz CT molecular complexity index is 187. The highest BCUT2D eigenvalue weighted by Gasteiger charge is 2.08. The molecule has 11 heavy (non-hydrogen) atoms. The summed E-state index contributed by atoms with van der Waals surface area (Å²) in [5, 5.41) is 7.96. The van der Waals surface area contributed by atoms with Crippen molar-refractivity contribution in [3.63, 3.8) is 0 Å². The van der Waals surface area contributed by atoms with Crippen LogP contribution in [-0.4, -0.2) is 27.7 Å². The van der Waals surface area contributed by atoms with E-state index in [2.05, 4.69) is 0 Å². The third kappa shape index (κ3) is 7.05. The van der Waals surface area contributed by atoms with Gasteiger partial charge in [0, 0.05) is 6.92 Å². The maximum atomic E-state index is 10.6. The fourth-order valence-electron chi connectivity index (χ4n) is 0.402. The summed E-state index contributed by atoms with van der Waals surface area (Å²) < 4.78 is 0. The molecular weight excluding hydrogens is 168 g/mol. The molecule has 0 aromatic carbocycles. The Morgan fingerprint density at radius 3 is 2.27 bits per heavy atom. The highest BCUT2D eigenvalue weighted by Crippen LogP contribution is 2.02. The number of carbonyl (C=O) groups is 3. The van der Waals surface area contributed by atoms with Crippen LogP contribution in [0.2, 0.25) is 0 Å². The molecular formula is C6H8O4S. The topological polar surface area (TPSA) is 71.4 Å². The zero-order chi connectivity index (χ0) is 8.85. The first-order valence-electron chi connectivity index (χ1n) is 2.89. The second-order valence-corrected chi connectivity index (χ2v) is 3.04. The summed E-state index contributed by atoms with van der Waals surface area (Å²) in [7, 11) is 0. The summed E-state index contributed by atoms with van der Waals surface area (Å²) in [5.74, 6) is -1.63. The van der Waals surface area contributed by atoms with E-state index in [0.717, 1.165) is 11.8 Å². The minimum Gasteiger partial charge on any atom is -0.481 e. The highest BCUT2D eigenvalue weighted by atomic mass is 32.2. The van der Waals surface area contributed by atoms with Crippen LogP contribution in [-0.2, 0) is 14.4 Å². The molecule has 0 aliphatic rings. The number of rotatable bonds is 4. The largest absolute Gasteiger partial charge is 0.481 e. The van der Waals surface area contributed by atoms with Crippen LogP contribution in [0, 0.1) is 0 Å². The average molecular weight is 176 g/mol. The predicted octanol–water partition coefficient (Wildman–Crippen LogP) is 0.310. The molecule has 5 heteroatoms. The maximum Gasteiger partial charge on any atom is 0.310 e. The van der Waals surface area contributed by atoms with Crippen LogP contribution < -0.4 is 0 Å². The van der Waals surface area contributed by atoms with Gasteiger partial charge in [0.25, 0.3) is 0 Å². The Kier molecular flexibility index (Phi) is 4.52. The van der Waals surface area contributed by atoms with E-state index in [0.29, 0.717) is 0 Å². The fraction of sp³-hybridized carbons (Fsp3) is 0.500. The normalized spacial score (nSPS) is 9.18. The van der Waals surface area contributed by atoms with Gasteiger partial charge in [-0.3, -0.25) is 14.4 Å². The molecule has 0 amide bonds. The summed E-state index contributed by atoms with van der Waals surface area (Å²) >= 11 is 0.830. The van der Waals surface area contributed by atoms with E-state index in [1.54, 1.807) is 0 Å². The maximum absolute atomic E-state index is 10.6. The standard InChI is InChI=1S/C6H8O4S/c1-4(7)11-3-5(8)2-6(9)10/h2-3H2,1H3,(H,9,10). The minimum absolute atomic E-state index is 0.0400. The van der Waals surface area contributed by atoms with Crippen LogP contribution in [0.5, 0.6) is 0 Å². The zero-order valence-electron chi connectivity index (χ0n) is 5.99. The smallest absolute Gasteiger partial charge is 0.310 e. The van der Waals surface area contributed by atoms with Crippen molar-refractivity contribution in [1.82, 2.24) is 0 Å². The number of carbonyl (C=O) groups excluding carboxylic acids is 2. The fourth-order valence-corrected chi connectivity index (χ4v) is 0.868. The first kappa shape index (κ1) is 10.2. The van der Waals surface area contributed by atoms with Gasteiger partial charge in [0.15, 0.2) is 10.9 Å². The lowest BCUT2D eigenvalue weighted by atomic mass is 10.3. The zero-order valence-corrected chi connectivity index (χ0v) is 6.81. The lowest BCUT2D eigenvalue weighted by Crippen LogP contribution is -2.09. The van der Waals surface area contributed by atoms with Gasteiger partial charge in [0.1, 0.15) is 6.42 Å². The van der Waals surface area contributed by atoms with Crippen LogP contribution in [0.25, 0.3) is 0 Å². The monoisotopic (exact) mass is 176 g/mol. The molecule has 4 nitrogen and oxygen atoms in total. The molecule has 0 radical (unpaired) electrons. The number of ketones is 1. The van der Waals surface area contributed by atoms with Gasteiger partial charge in [-0.2, -0.15) is 0 Å². The molecule has 0 heterocycles. The van der Waals surface area contributed by atoms with Gasteiger partial charge in [-0.1, -0.05) is 11.8 Å². The van der Waals surface area contributed by atoms with Crippen molar-refractivity contribution in [2.24, 2.45) is 0 Å². The van der Waals surface area contributed by atoms with E-state index in [9.17, 15) is 14.4 Å². The van der Waals surface area contributed by atoms with Crippen molar-refractivity contribution < 1.29 is 19.5 Å². The van der Waals surface area contributed by atoms with Gasteiger partial charge >= 0.3 is 5.97 Å². The lowest BCUT2D eigenvalue weighted by molar-refractivity contribution is -0.139. The molecule has 0 unspecified atom stereocenters. The quantitative estimate of drug-likeness (QED) is 0.624. The van der Waals surface area contributed by atoms with Gasteiger partial charge in [0.2, 0.25) is 0 Å². The number of carboxylic acids is 1. The van der Waals surface area contributed by atoms with Crippen molar-refractivity contribution >= 4 is 28.6 Å². The second kappa shape index (κ2) is 4.90. The molecule has 62 valence electrons. The van der Waals surface area contributed by atoms with Crippen LogP contribution in [0.1, 0.15) is 13.3 Å². The third-order valence-electron chi connectivity index (χ3n) is 0.785. The van der Waals surface area contributed by atoms with Crippen LogP contribution in [0.4, 0.5) is 0 Å². The Hall–Kier alpha value is -0.840. The van der Waals surface area contributed by atoms with Gasteiger partial charge in [0.05, 0.1) is 5.75 Å². The van der Waals surface area contributed by atoms with Crippen molar-refractivity contribution in [3.8, 4) is 0 Å². The minimum atomic E-state index is -1.15. The van der Waals surface area contributed by atoms with E-state index in [1.165, 1.54) is 6.92 Å². The first-order chi connectivity index (χ1) is 5.02. The molecule has 0 rings (SSSR count). The van der Waals surface area contributed by atoms with E-state index < -0.39 is 18.2 Å². The number of carboxylic acid groups (broad SMARTS) is 1. The summed E-state index contributed by atoms with van der Waals surface area (Å²) in [6.07, 6.45) is -0.500. The Morgan fingerprint density at radius 1 is 1.36 bits per heavy atom. The van der Waals surface area contributed by atoms with Crippen LogP contribution >= 0.6 is 11.8 Å². The van der Waals surface area contributed by atoms with E-state index in [1.807, 2.05) is 0 Å². The highest BCUT2D eigenvalue weighted by molar-refractivity contribution is 8.14. The van der Waals surface area contributed by atoms with E-state index >= 15 is 0 Å². The molecule has 0 aliphatic heterocycles. The molecule has 0 aromatic rings. The molecule has 0 bridgehead atoms. The first-order valence-corrected chi connectivity index (χ1v) is 3.88. The SMILES string of the molecule is CC(=O)SCC(=O)CC(=O)O. The van der Waals surface area contributed by atoms with Crippen molar-refractivity contribution in [3.05, 3.63) is 0 Å². The number of Topliss-reactive ketones (excluding diaryl/α,β-unsaturated/α-hetero) is 1. The lowest BCUT2D eigenvalue weighted by Gasteiger charge is -1.92. The average Bonchev–Trinajstić information content (AvgIpc) is 1.82. The number of hydrogen-bond donors (Lipinski definition) is 1. The van der Waals surface area contributed by atoms with Gasteiger partial charge in [-0.05, 0) is 0 Å². The van der Waals surface area contributed by atoms with Crippen LogP contribution in [0.3, 0.4) is 0 Å². The molecule has 0 spiro atoms. The van der Waals surface area contributed by atoms with Crippen LogP contribution in [0.15, 0.2) is 0 Å². The molecule has 0 aliphatic carbocycles. The van der Waals surface area contributed by atoms with Gasteiger partial charge < -0.3 is 5.11 Å². The molecule has 0 atom stereocenters. The predicted molar refractivity (Wildman–Crippen MR) is 40.4 cm³/mol. The number of hydrogen-bond acceptors (Lipinski definition) is 4. The van der Waals surface area contributed by atoms with E-state index in [-0.39, 0.29) is 10.9 Å². The molecule has 0 fully saturated rings. The molecule has 0 saturated carbocycles. The number of thioether (sulfide) groups is 1. The van der Waals surface area contributed by atoms with Crippen molar-refractivity contribution in [2.75, 3.05) is 5.75 Å². The second-order valence-electron chi connectivity index (χ2n) is 1.89. The van der Waals surface area contributed by atoms with Crippen molar-refractivity contribution in [2.45, 2.75) is 13.3 Å². The Labute approximate surface area is 68.0 Å². The Morgan fingerprint density at radius 2 is 1.91 bits per heavy atom. The number of aliphatic carboxylic acids is 1. The third-order valence-corrected chi connectivity index (χ3v) is 1.66. The summed E-state index contributed by atoms with van der Waals surface area (Å²) in [6.45, 7) is 1.33. The summed E-state index contributed by atoms with van der Waals surface area (Å²) in [4.78, 5) is 30.8. The molecule has 0 saturated heterocycles. The van der Waals surface area contributed by atoms with Crippen molar-refractivity contribution in [1.29, 1.82) is 0 Å². The molecule has 1 N–H and O–H groups in total. The molecule has 0 aromatic heterocycles. The van der Waals surface area contributed by atoms with Gasteiger partial charge in [-0.25, -0.2) is 0 Å². The van der Waals surface area contributed by atoms with Gasteiger partial charge in [-0.15, -0.1) is 0 Å². The summed E-state index contributed by atoms with van der Waals surface area (Å²) in [6, 6.07) is 0. The summed E-state index contributed by atoms with van der Waals surface area (Å²) in [5.41, 5.74) is 0.